The number of rotatable bonds is 5. The summed E-state index contributed by atoms with van der Waals surface area (Å²) >= 11 is 30.3. The first-order valence-corrected chi connectivity index (χ1v) is 11.1. The van der Waals surface area contributed by atoms with Gasteiger partial charge >= 0.3 is 0 Å². The van der Waals surface area contributed by atoms with E-state index in [2.05, 4.69) is 47.8 Å². The van der Waals surface area contributed by atoms with Crippen LogP contribution in [0.3, 0.4) is 0 Å². The second kappa shape index (κ2) is 10.5. The Morgan fingerprint density at radius 3 is 2.36 bits per heavy atom. The average molecular weight is 589 g/mol. The number of anilines is 1. The van der Waals surface area contributed by atoms with Gasteiger partial charge in [0.15, 0.2) is 5.11 Å². The molecule has 0 bridgehead atoms. The molecule has 2 rings (SSSR count). The number of aryl methyl sites for hydroxylation is 1. The second-order valence-electron chi connectivity index (χ2n) is 5.88. The summed E-state index contributed by atoms with van der Waals surface area (Å²) in [5.41, 5.74) is 2.56. The van der Waals surface area contributed by atoms with Gasteiger partial charge in [0.2, 0.25) is 9.70 Å². The van der Waals surface area contributed by atoms with Gasteiger partial charge in [-0.3, -0.25) is 4.79 Å². The zero-order valence-electron chi connectivity index (χ0n) is 14.5. The maximum atomic E-state index is 12.4. The molecule has 0 heterocycles. The van der Waals surface area contributed by atoms with Crippen LogP contribution in [0.25, 0.3) is 0 Å². The standard InChI is InChI=1S/C18H16Br2Cl3N3OS/c1-10-7-12(19)9-13(20)15(10)25-17(28)26-16(18(21,22)23)24-14(27)8-11-5-3-2-4-6-11/h2-7,9,16H,8H2,1H3,(H,24,27)(H2,25,26,28)/t16-/m0/s1. The van der Waals surface area contributed by atoms with Crippen molar-refractivity contribution in [3.8, 4) is 0 Å². The lowest BCUT2D eigenvalue weighted by atomic mass is 10.1. The minimum absolute atomic E-state index is 0.150. The van der Waals surface area contributed by atoms with E-state index in [9.17, 15) is 4.79 Å². The van der Waals surface area contributed by atoms with E-state index in [1.54, 1.807) is 0 Å². The topological polar surface area (TPSA) is 53.2 Å². The van der Waals surface area contributed by atoms with Crippen LogP contribution in [0.2, 0.25) is 0 Å². The Morgan fingerprint density at radius 1 is 1.14 bits per heavy atom. The highest BCUT2D eigenvalue weighted by molar-refractivity contribution is 9.11. The Balaban J connectivity index is 2.06. The summed E-state index contributed by atoms with van der Waals surface area (Å²) in [6, 6.07) is 13.1. The van der Waals surface area contributed by atoms with Gasteiger partial charge < -0.3 is 16.0 Å². The Bertz CT molecular complexity index is 840. The van der Waals surface area contributed by atoms with Gasteiger partial charge in [0.25, 0.3) is 0 Å². The van der Waals surface area contributed by atoms with E-state index < -0.39 is 9.96 Å². The van der Waals surface area contributed by atoms with Crippen LogP contribution < -0.4 is 16.0 Å². The summed E-state index contributed by atoms with van der Waals surface area (Å²) in [6.45, 7) is 1.93. The fraction of sp³-hybridized carbons (Fsp3) is 0.222. The lowest BCUT2D eigenvalue weighted by molar-refractivity contribution is -0.121. The number of halogens is 5. The summed E-state index contributed by atoms with van der Waals surface area (Å²) in [5, 5.41) is 8.77. The Labute approximate surface area is 200 Å². The Morgan fingerprint density at radius 2 is 1.79 bits per heavy atom. The van der Waals surface area contributed by atoms with Gasteiger partial charge in [0.05, 0.1) is 12.1 Å². The molecule has 150 valence electrons. The van der Waals surface area contributed by atoms with Crippen LogP contribution in [0, 0.1) is 6.92 Å². The summed E-state index contributed by atoms with van der Waals surface area (Å²) in [6.07, 6.45) is -0.875. The largest absolute Gasteiger partial charge is 0.339 e. The van der Waals surface area contributed by atoms with Crippen molar-refractivity contribution in [3.05, 3.63) is 62.5 Å². The normalized spacial score (nSPS) is 12.2. The van der Waals surface area contributed by atoms with E-state index in [0.29, 0.717) is 0 Å². The van der Waals surface area contributed by atoms with Gasteiger partial charge in [-0.05, 0) is 58.3 Å². The van der Waals surface area contributed by atoms with Gasteiger partial charge in [-0.25, -0.2) is 0 Å². The molecule has 0 saturated carbocycles. The van der Waals surface area contributed by atoms with Crippen molar-refractivity contribution in [2.75, 3.05) is 5.32 Å². The number of nitrogens with one attached hydrogen (secondary N) is 3. The highest BCUT2D eigenvalue weighted by Gasteiger charge is 2.34. The number of thiocarbonyl (C=S) groups is 1. The minimum Gasteiger partial charge on any atom is -0.339 e. The lowest BCUT2D eigenvalue weighted by Crippen LogP contribution is -2.56. The molecule has 28 heavy (non-hydrogen) atoms. The smallest absolute Gasteiger partial charge is 0.228 e. The highest BCUT2D eigenvalue weighted by Crippen LogP contribution is 2.31. The van der Waals surface area contributed by atoms with Crippen molar-refractivity contribution in [2.24, 2.45) is 0 Å². The Kier molecular flexibility index (Phi) is 8.85. The molecule has 2 aromatic carbocycles. The molecule has 0 spiro atoms. The predicted molar refractivity (Wildman–Crippen MR) is 128 cm³/mol. The van der Waals surface area contributed by atoms with Gasteiger partial charge in [-0.1, -0.05) is 81.1 Å². The van der Waals surface area contributed by atoms with Crippen LogP contribution in [-0.4, -0.2) is 21.0 Å². The molecule has 0 aliphatic rings. The van der Waals surface area contributed by atoms with E-state index in [0.717, 1.165) is 25.8 Å². The van der Waals surface area contributed by atoms with Gasteiger partial charge in [-0.15, -0.1) is 0 Å². The fourth-order valence-corrected chi connectivity index (χ4v) is 4.42. The van der Waals surface area contributed by atoms with E-state index in [-0.39, 0.29) is 17.4 Å². The number of hydrogen-bond donors (Lipinski definition) is 3. The third-order valence-corrected chi connectivity index (χ3v) is 5.56. The SMILES string of the molecule is Cc1cc(Br)cc(Br)c1NC(=S)N[C@H](NC(=O)Cc1ccccc1)C(Cl)(Cl)Cl. The second-order valence-corrected chi connectivity index (χ2v) is 10.4. The lowest BCUT2D eigenvalue weighted by Gasteiger charge is -2.28. The monoisotopic (exact) mass is 585 g/mol. The number of alkyl halides is 3. The van der Waals surface area contributed by atoms with Crippen LogP contribution in [0.5, 0.6) is 0 Å². The highest BCUT2D eigenvalue weighted by atomic mass is 79.9. The first kappa shape index (κ1) is 23.7. The van der Waals surface area contributed by atoms with E-state index in [4.69, 9.17) is 47.0 Å². The first-order valence-electron chi connectivity index (χ1n) is 7.99. The van der Waals surface area contributed by atoms with Crippen LogP contribution in [0.1, 0.15) is 11.1 Å². The molecule has 4 nitrogen and oxygen atoms in total. The van der Waals surface area contributed by atoms with Crippen molar-refractivity contribution < 1.29 is 4.79 Å². The molecule has 0 aromatic heterocycles. The van der Waals surface area contributed by atoms with Crippen LogP contribution >= 0.6 is 78.9 Å². The number of carbonyl (C=O) groups is 1. The molecule has 2 aromatic rings. The molecule has 1 atom stereocenters. The van der Waals surface area contributed by atoms with Crippen molar-refractivity contribution in [2.45, 2.75) is 23.3 Å². The van der Waals surface area contributed by atoms with Crippen LogP contribution in [0.15, 0.2) is 51.4 Å². The predicted octanol–water partition coefficient (Wildman–Crippen LogP) is 5.86. The van der Waals surface area contributed by atoms with Crippen LogP contribution in [-0.2, 0) is 11.2 Å². The van der Waals surface area contributed by atoms with Crippen molar-refractivity contribution >= 4 is 95.6 Å². The van der Waals surface area contributed by atoms with Crippen molar-refractivity contribution in [1.29, 1.82) is 0 Å². The molecule has 3 N–H and O–H groups in total. The van der Waals surface area contributed by atoms with Gasteiger partial charge in [-0.2, -0.15) is 0 Å². The van der Waals surface area contributed by atoms with E-state index in [1.165, 1.54) is 0 Å². The summed E-state index contributed by atoms with van der Waals surface area (Å²) in [4.78, 5) is 12.4. The summed E-state index contributed by atoms with van der Waals surface area (Å²) in [7, 11) is 0. The van der Waals surface area contributed by atoms with Gasteiger partial charge in [0, 0.05) is 8.95 Å². The third-order valence-electron chi connectivity index (χ3n) is 3.61. The maximum Gasteiger partial charge on any atom is 0.228 e. The summed E-state index contributed by atoms with van der Waals surface area (Å²) in [5.74, 6) is -0.307. The van der Waals surface area contributed by atoms with E-state index >= 15 is 0 Å². The molecule has 0 aliphatic carbocycles. The maximum absolute atomic E-state index is 12.4. The fourth-order valence-electron chi connectivity index (χ4n) is 2.33. The minimum atomic E-state index is -1.82. The van der Waals surface area contributed by atoms with E-state index in [1.807, 2.05) is 49.4 Å². The molecule has 0 saturated heterocycles. The van der Waals surface area contributed by atoms with Crippen LogP contribution in [0.4, 0.5) is 5.69 Å². The quantitative estimate of drug-likeness (QED) is 0.233. The molecule has 1 amide bonds. The molecule has 0 fully saturated rings. The number of amides is 1. The average Bonchev–Trinajstić information content (AvgIpc) is 2.57. The zero-order chi connectivity index (χ0) is 20.9. The zero-order valence-corrected chi connectivity index (χ0v) is 20.8. The van der Waals surface area contributed by atoms with Crippen molar-refractivity contribution in [3.63, 3.8) is 0 Å². The first-order chi connectivity index (χ1) is 13.1. The molecular formula is C18H16Br2Cl3N3OS. The Hall–Kier alpha value is -0.570. The molecular weight excluding hydrogens is 572 g/mol. The van der Waals surface area contributed by atoms with Crippen molar-refractivity contribution in [1.82, 2.24) is 10.6 Å². The number of hydrogen-bond acceptors (Lipinski definition) is 2. The molecule has 10 heteroatoms. The molecule has 0 unspecified atom stereocenters. The number of benzene rings is 2. The third kappa shape index (κ3) is 7.35. The molecule has 0 aliphatic heterocycles. The summed E-state index contributed by atoms with van der Waals surface area (Å²) < 4.78 is -0.0833. The number of carbonyl (C=O) groups excluding carboxylic acids is 1. The molecule has 0 radical (unpaired) electrons. The van der Waals surface area contributed by atoms with Gasteiger partial charge in [0.1, 0.15) is 6.17 Å².